The van der Waals surface area contributed by atoms with Crippen molar-refractivity contribution in [1.82, 2.24) is 5.32 Å². The fourth-order valence-corrected chi connectivity index (χ4v) is 2.90. The second-order valence-electron chi connectivity index (χ2n) is 6.07. The van der Waals surface area contributed by atoms with E-state index < -0.39 is 0 Å². The average molecular weight is 333 g/mol. The number of halogens is 1. The molecule has 3 aromatic carbocycles. The number of hydrogen-bond acceptors (Lipinski definition) is 1. The summed E-state index contributed by atoms with van der Waals surface area (Å²) in [5.41, 5.74) is 4.01. The fourth-order valence-electron chi connectivity index (χ4n) is 2.90. The van der Waals surface area contributed by atoms with Crippen molar-refractivity contribution in [2.45, 2.75) is 19.4 Å². The van der Waals surface area contributed by atoms with Gasteiger partial charge in [0.25, 0.3) is 0 Å². The Balaban J connectivity index is 1.84. The minimum absolute atomic E-state index is 0.0938. The number of hydrogen-bond donors (Lipinski definition) is 1. The van der Waals surface area contributed by atoms with Crippen LogP contribution in [0.3, 0.4) is 0 Å². The molecule has 0 heterocycles. The highest BCUT2D eigenvalue weighted by Crippen LogP contribution is 2.25. The molecular formula is C22H20FNO. The normalized spacial score (nSPS) is 11.8. The first kappa shape index (κ1) is 16.9. The van der Waals surface area contributed by atoms with Crippen LogP contribution < -0.4 is 5.32 Å². The third kappa shape index (κ3) is 4.32. The van der Waals surface area contributed by atoms with Gasteiger partial charge in [-0.25, -0.2) is 4.39 Å². The van der Waals surface area contributed by atoms with Gasteiger partial charge in [-0.1, -0.05) is 66.7 Å². The lowest BCUT2D eigenvalue weighted by Gasteiger charge is -2.21. The Morgan fingerprint density at radius 1 is 0.920 bits per heavy atom. The van der Waals surface area contributed by atoms with E-state index in [1.807, 2.05) is 61.5 Å². The number of aryl methyl sites for hydroxylation is 1. The Bertz CT molecular complexity index is 843. The molecule has 0 aliphatic carbocycles. The lowest BCUT2D eigenvalue weighted by atomic mass is 9.94. The van der Waals surface area contributed by atoms with Crippen molar-refractivity contribution in [3.8, 4) is 0 Å². The molecule has 3 aromatic rings. The van der Waals surface area contributed by atoms with Crippen LogP contribution in [-0.4, -0.2) is 5.91 Å². The summed E-state index contributed by atoms with van der Waals surface area (Å²) in [4.78, 5) is 12.6. The Hall–Kier alpha value is -2.94. The molecule has 1 atom stereocenters. The van der Waals surface area contributed by atoms with Crippen LogP contribution in [0.25, 0.3) is 0 Å². The monoisotopic (exact) mass is 333 g/mol. The van der Waals surface area contributed by atoms with E-state index in [2.05, 4.69) is 5.32 Å². The van der Waals surface area contributed by atoms with E-state index in [0.717, 1.165) is 22.3 Å². The Morgan fingerprint density at radius 2 is 1.56 bits per heavy atom. The number of carbonyl (C=O) groups is 1. The standard InChI is InChI=1S/C22H20FNO/c1-16-7-5-6-10-20(16)22(18-8-3-2-4-9-18)24-21(25)15-17-11-13-19(23)14-12-17/h2-14,22H,15H2,1H3,(H,24,25). The van der Waals surface area contributed by atoms with Crippen molar-refractivity contribution >= 4 is 5.91 Å². The van der Waals surface area contributed by atoms with E-state index >= 15 is 0 Å². The molecule has 3 rings (SSSR count). The van der Waals surface area contributed by atoms with Crippen molar-refractivity contribution in [3.63, 3.8) is 0 Å². The molecule has 0 radical (unpaired) electrons. The van der Waals surface area contributed by atoms with Gasteiger partial charge in [0.1, 0.15) is 5.82 Å². The van der Waals surface area contributed by atoms with E-state index in [0.29, 0.717) is 0 Å². The Morgan fingerprint density at radius 3 is 2.24 bits per heavy atom. The predicted octanol–water partition coefficient (Wildman–Crippen LogP) is 4.58. The van der Waals surface area contributed by atoms with Crippen LogP contribution in [0.1, 0.15) is 28.3 Å². The highest BCUT2D eigenvalue weighted by Gasteiger charge is 2.18. The summed E-state index contributed by atoms with van der Waals surface area (Å²) >= 11 is 0. The van der Waals surface area contributed by atoms with Crippen LogP contribution in [0.2, 0.25) is 0 Å². The highest BCUT2D eigenvalue weighted by molar-refractivity contribution is 5.79. The summed E-state index contributed by atoms with van der Waals surface area (Å²) in [5.74, 6) is -0.394. The van der Waals surface area contributed by atoms with Gasteiger partial charge in [-0.2, -0.15) is 0 Å². The third-order valence-electron chi connectivity index (χ3n) is 4.22. The number of nitrogens with one attached hydrogen (secondary N) is 1. The van der Waals surface area contributed by atoms with Crippen LogP contribution in [0.5, 0.6) is 0 Å². The van der Waals surface area contributed by atoms with E-state index in [1.54, 1.807) is 12.1 Å². The summed E-state index contributed by atoms with van der Waals surface area (Å²) in [5, 5.41) is 3.12. The quantitative estimate of drug-likeness (QED) is 0.727. The van der Waals surface area contributed by atoms with Gasteiger partial charge in [0.15, 0.2) is 0 Å². The molecule has 2 nitrogen and oxygen atoms in total. The van der Waals surface area contributed by atoms with E-state index in [1.165, 1.54) is 12.1 Å². The first-order valence-electron chi connectivity index (χ1n) is 8.28. The van der Waals surface area contributed by atoms with Gasteiger partial charge in [-0.05, 0) is 41.3 Å². The van der Waals surface area contributed by atoms with Gasteiger partial charge in [0.05, 0.1) is 12.5 Å². The lowest BCUT2D eigenvalue weighted by molar-refractivity contribution is -0.120. The average Bonchev–Trinajstić information content (AvgIpc) is 2.63. The van der Waals surface area contributed by atoms with Crippen LogP contribution in [0, 0.1) is 12.7 Å². The molecule has 0 fully saturated rings. The second kappa shape index (κ2) is 7.75. The van der Waals surface area contributed by atoms with Crippen LogP contribution in [-0.2, 0) is 11.2 Å². The van der Waals surface area contributed by atoms with Crippen molar-refractivity contribution in [2.75, 3.05) is 0 Å². The molecule has 0 saturated heterocycles. The molecule has 1 N–H and O–H groups in total. The molecule has 3 heteroatoms. The molecular weight excluding hydrogens is 313 g/mol. The summed E-state index contributed by atoms with van der Waals surface area (Å²) in [6, 6.07) is 23.8. The van der Waals surface area contributed by atoms with E-state index in [4.69, 9.17) is 0 Å². The van der Waals surface area contributed by atoms with E-state index in [9.17, 15) is 9.18 Å². The molecule has 0 aromatic heterocycles. The Labute approximate surface area is 147 Å². The first-order chi connectivity index (χ1) is 12.1. The highest BCUT2D eigenvalue weighted by atomic mass is 19.1. The summed E-state index contributed by atoms with van der Waals surface area (Å²) < 4.78 is 13.0. The molecule has 1 amide bonds. The lowest BCUT2D eigenvalue weighted by Crippen LogP contribution is -2.31. The maximum Gasteiger partial charge on any atom is 0.225 e. The molecule has 25 heavy (non-hydrogen) atoms. The van der Waals surface area contributed by atoms with Gasteiger partial charge in [-0.15, -0.1) is 0 Å². The molecule has 0 saturated carbocycles. The van der Waals surface area contributed by atoms with Crippen LogP contribution in [0.4, 0.5) is 4.39 Å². The minimum Gasteiger partial charge on any atom is -0.345 e. The van der Waals surface area contributed by atoms with Crippen molar-refractivity contribution in [3.05, 3.63) is 107 Å². The SMILES string of the molecule is Cc1ccccc1C(NC(=O)Cc1ccc(F)cc1)c1ccccc1. The summed E-state index contributed by atoms with van der Waals surface area (Å²) in [7, 11) is 0. The third-order valence-corrected chi connectivity index (χ3v) is 4.22. The predicted molar refractivity (Wildman–Crippen MR) is 97.7 cm³/mol. The van der Waals surface area contributed by atoms with Gasteiger partial charge in [0, 0.05) is 0 Å². The number of rotatable bonds is 5. The minimum atomic E-state index is -0.300. The maximum atomic E-state index is 13.0. The largest absolute Gasteiger partial charge is 0.345 e. The van der Waals surface area contributed by atoms with Crippen LogP contribution >= 0.6 is 0 Å². The first-order valence-corrected chi connectivity index (χ1v) is 8.28. The van der Waals surface area contributed by atoms with Crippen molar-refractivity contribution < 1.29 is 9.18 Å². The zero-order chi connectivity index (χ0) is 17.6. The zero-order valence-electron chi connectivity index (χ0n) is 14.1. The van der Waals surface area contributed by atoms with Gasteiger partial charge in [-0.3, -0.25) is 4.79 Å². The fraction of sp³-hybridized carbons (Fsp3) is 0.136. The van der Waals surface area contributed by atoms with Gasteiger partial charge < -0.3 is 5.32 Å². The number of benzene rings is 3. The molecule has 0 bridgehead atoms. The molecule has 1 unspecified atom stereocenters. The maximum absolute atomic E-state index is 13.0. The molecule has 0 aliphatic heterocycles. The Kier molecular flexibility index (Phi) is 5.24. The number of carbonyl (C=O) groups excluding carboxylic acids is 1. The molecule has 0 aliphatic rings. The van der Waals surface area contributed by atoms with Crippen molar-refractivity contribution in [1.29, 1.82) is 0 Å². The molecule has 126 valence electrons. The zero-order valence-corrected chi connectivity index (χ0v) is 14.1. The second-order valence-corrected chi connectivity index (χ2v) is 6.07. The van der Waals surface area contributed by atoms with Gasteiger partial charge in [0.2, 0.25) is 5.91 Å². The van der Waals surface area contributed by atoms with Crippen molar-refractivity contribution in [2.24, 2.45) is 0 Å². The van der Waals surface area contributed by atoms with E-state index in [-0.39, 0.29) is 24.2 Å². The van der Waals surface area contributed by atoms with Gasteiger partial charge >= 0.3 is 0 Å². The summed E-state index contributed by atoms with van der Waals surface area (Å²) in [6.07, 6.45) is 0.218. The smallest absolute Gasteiger partial charge is 0.225 e. The number of amides is 1. The van der Waals surface area contributed by atoms with Crippen LogP contribution in [0.15, 0.2) is 78.9 Å². The summed E-state index contributed by atoms with van der Waals surface area (Å²) in [6.45, 7) is 2.04. The topological polar surface area (TPSA) is 29.1 Å². The molecule has 0 spiro atoms.